The number of nitrogens with zero attached hydrogens (tertiary/aromatic N) is 3. The van der Waals surface area contributed by atoms with Gasteiger partial charge in [-0.2, -0.15) is 0 Å². The summed E-state index contributed by atoms with van der Waals surface area (Å²) in [5, 5.41) is 5.07. The van der Waals surface area contributed by atoms with Crippen LogP contribution < -0.4 is 5.32 Å². The topological polar surface area (TPSA) is 54.2 Å². The van der Waals surface area contributed by atoms with E-state index < -0.39 is 0 Å². The molecule has 0 unspecified atom stereocenters. The van der Waals surface area contributed by atoms with Crippen LogP contribution in [0.15, 0.2) is 83.7 Å². The molecular formula is C24H18Cl2N4OS. The van der Waals surface area contributed by atoms with Gasteiger partial charge in [0.2, 0.25) is 0 Å². The fraction of sp³-hybridized carbons (Fsp3) is 0.125. The standard InChI is InChI=1S/C24H18Cl2N4OS/c25-17-5-4-16(13-18(17)26)20-6-7-21(31-20)23-22(19-3-1-2-10-28-19)29-24(32)30(23)14-15-8-11-27-12-9-15/h1-13,22-23H,14H2,(H,29,32)/t22-,23-/m1/s1. The monoisotopic (exact) mass is 480 g/mol. The van der Waals surface area contributed by atoms with Crippen molar-refractivity contribution in [1.82, 2.24) is 20.2 Å². The zero-order chi connectivity index (χ0) is 22.1. The molecule has 0 bridgehead atoms. The second-order valence-corrected chi connectivity index (χ2v) is 8.64. The molecule has 3 aromatic heterocycles. The molecule has 8 heteroatoms. The van der Waals surface area contributed by atoms with Crippen LogP contribution in [0.2, 0.25) is 10.0 Å². The molecule has 1 fully saturated rings. The van der Waals surface area contributed by atoms with Gasteiger partial charge in [0.1, 0.15) is 17.6 Å². The number of halogens is 2. The summed E-state index contributed by atoms with van der Waals surface area (Å²) in [5.74, 6) is 1.49. The Hall–Kier alpha value is -2.93. The molecule has 0 saturated carbocycles. The van der Waals surface area contributed by atoms with E-state index in [0.29, 0.717) is 27.5 Å². The molecule has 1 N–H and O–H groups in total. The molecule has 1 aliphatic rings. The highest BCUT2D eigenvalue weighted by molar-refractivity contribution is 7.80. The molecule has 1 aliphatic heterocycles. The van der Waals surface area contributed by atoms with E-state index in [-0.39, 0.29) is 12.1 Å². The predicted molar refractivity (Wildman–Crippen MR) is 129 cm³/mol. The van der Waals surface area contributed by atoms with E-state index >= 15 is 0 Å². The highest BCUT2D eigenvalue weighted by Gasteiger charge is 2.41. The number of benzene rings is 1. The molecule has 1 aromatic carbocycles. The Kier molecular flexibility index (Phi) is 5.83. The molecule has 0 amide bonds. The largest absolute Gasteiger partial charge is 0.459 e. The molecule has 0 radical (unpaired) electrons. The first-order valence-corrected chi connectivity index (χ1v) is 11.2. The zero-order valence-corrected chi connectivity index (χ0v) is 19.1. The molecule has 160 valence electrons. The second-order valence-electron chi connectivity index (χ2n) is 7.44. The second kappa shape index (κ2) is 8.90. The first kappa shape index (κ1) is 20.9. The average molecular weight is 481 g/mol. The van der Waals surface area contributed by atoms with Gasteiger partial charge in [-0.15, -0.1) is 0 Å². The molecule has 2 atom stereocenters. The number of hydrogen-bond donors (Lipinski definition) is 1. The Morgan fingerprint density at radius 2 is 1.81 bits per heavy atom. The summed E-state index contributed by atoms with van der Waals surface area (Å²) < 4.78 is 6.33. The minimum Gasteiger partial charge on any atom is -0.459 e. The van der Waals surface area contributed by atoms with Crippen LogP contribution in [0.3, 0.4) is 0 Å². The summed E-state index contributed by atoms with van der Waals surface area (Å²) in [4.78, 5) is 10.8. The minimum absolute atomic E-state index is 0.154. The molecule has 1 saturated heterocycles. The normalized spacial score (nSPS) is 18.1. The molecule has 5 rings (SSSR count). The number of furan rings is 1. The molecule has 0 aliphatic carbocycles. The quantitative estimate of drug-likeness (QED) is 0.342. The van der Waals surface area contributed by atoms with Crippen LogP contribution >= 0.6 is 35.4 Å². The highest BCUT2D eigenvalue weighted by atomic mass is 35.5. The van der Waals surface area contributed by atoms with Crippen molar-refractivity contribution in [2.75, 3.05) is 0 Å². The van der Waals surface area contributed by atoms with Crippen LogP contribution in [0.4, 0.5) is 0 Å². The molecular weight excluding hydrogens is 463 g/mol. The highest BCUT2D eigenvalue weighted by Crippen LogP contribution is 2.41. The van der Waals surface area contributed by atoms with Gasteiger partial charge in [-0.3, -0.25) is 9.97 Å². The molecule has 32 heavy (non-hydrogen) atoms. The third kappa shape index (κ3) is 4.09. The van der Waals surface area contributed by atoms with Gasteiger partial charge in [-0.1, -0.05) is 29.3 Å². The average Bonchev–Trinajstić information content (AvgIpc) is 3.42. The van der Waals surface area contributed by atoms with Gasteiger partial charge in [-0.05, 0) is 72.4 Å². The predicted octanol–water partition coefficient (Wildman–Crippen LogP) is 6.22. The van der Waals surface area contributed by atoms with Crippen LogP contribution in [0.25, 0.3) is 11.3 Å². The Balaban J connectivity index is 1.54. The Bertz CT molecular complexity index is 1250. The third-order valence-electron chi connectivity index (χ3n) is 5.42. The fourth-order valence-corrected chi connectivity index (χ4v) is 4.49. The summed E-state index contributed by atoms with van der Waals surface area (Å²) in [6.07, 6.45) is 5.34. The van der Waals surface area contributed by atoms with E-state index in [2.05, 4.69) is 20.2 Å². The van der Waals surface area contributed by atoms with E-state index in [9.17, 15) is 0 Å². The maximum absolute atomic E-state index is 6.33. The van der Waals surface area contributed by atoms with Crippen molar-refractivity contribution >= 4 is 40.5 Å². The lowest BCUT2D eigenvalue weighted by atomic mass is 10.0. The van der Waals surface area contributed by atoms with Crippen LogP contribution in [0.5, 0.6) is 0 Å². The maximum Gasteiger partial charge on any atom is 0.170 e. The summed E-state index contributed by atoms with van der Waals surface area (Å²) in [7, 11) is 0. The smallest absolute Gasteiger partial charge is 0.170 e. The van der Waals surface area contributed by atoms with Crippen molar-refractivity contribution in [2.24, 2.45) is 0 Å². The molecule has 0 spiro atoms. The lowest BCUT2D eigenvalue weighted by Crippen LogP contribution is -2.29. The van der Waals surface area contributed by atoms with E-state index in [1.165, 1.54) is 0 Å². The maximum atomic E-state index is 6.33. The van der Waals surface area contributed by atoms with Crippen molar-refractivity contribution in [2.45, 2.75) is 18.6 Å². The van der Waals surface area contributed by atoms with Crippen LogP contribution in [-0.4, -0.2) is 20.0 Å². The van der Waals surface area contributed by atoms with Crippen LogP contribution in [-0.2, 0) is 6.54 Å². The molecule has 5 nitrogen and oxygen atoms in total. The Labute approximate surface area is 201 Å². The summed E-state index contributed by atoms with van der Waals surface area (Å²) >= 11 is 18.0. The summed E-state index contributed by atoms with van der Waals surface area (Å²) in [5.41, 5.74) is 2.85. The van der Waals surface area contributed by atoms with Gasteiger partial charge in [-0.25, -0.2) is 0 Å². The van der Waals surface area contributed by atoms with Gasteiger partial charge in [0.25, 0.3) is 0 Å². The lowest BCUT2D eigenvalue weighted by molar-refractivity contribution is 0.269. The minimum atomic E-state index is -0.179. The number of thiocarbonyl (C=S) groups is 1. The number of aromatic nitrogens is 2. The van der Waals surface area contributed by atoms with E-state index in [1.807, 2.05) is 48.5 Å². The molecule has 4 heterocycles. The first-order valence-electron chi connectivity index (χ1n) is 10.0. The van der Waals surface area contributed by atoms with Crippen LogP contribution in [0.1, 0.15) is 29.1 Å². The summed E-state index contributed by atoms with van der Waals surface area (Å²) in [6, 6.07) is 18.9. The van der Waals surface area contributed by atoms with E-state index in [4.69, 9.17) is 39.8 Å². The van der Waals surface area contributed by atoms with Crippen molar-refractivity contribution in [1.29, 1.82) is 0 Å². The Morgan fingerprint density at radius 1 is 0.969 bits per heavy atom. The number of rotatable bonds is 5. The zero-order valence-electron chi connectivity index (χ0n) is 16.8. The van der Waals surface area contributed by atoms with E-state index in [1.54, 1.807) is 30.7 Å². The third-order valence-corrected chi connectivity index (χ3v) is 6.51. The van der Waals surface area contributed by atoms with Gasteiger partial charge in [0.15, 0.2) is 5.11 Å². The van der Waals surface area contributed by atoms with Gasteiger partial charge in [0, 0.05) is 30.7 Å². The van der Waals surface area contributed by atoms with Crippen molar-refractivity contribution in [3.63, 3.8) is 0 Å². The Morgan fingerprint density at radius 3 is 2.56 bits per heavy atom. The van der Waals surface area contributed by atoms with Gasteiger partial charge in [0.05, 0.1) is 21.8 Å². The van der Waals surface area contributed by atoms with Crippen molar-refractivity contribution in [3.8, 4) is 11.3 Å². The SMILES string of the molecule is S=C1N[C@H](c2ccccn2)[C@@H](c2ccc(-c3ccc(Cl)c(Cl)c3)o2)N1Cc1ccncc1. The number of hydrogen-bond acceptors (Lipinski definition) is 4. The first-order chi connectivity index (χ1) is 15.6. The fourth-order valence-electron chi connectivity index (χ4n) is 3.89. The lowest BCUT2D eigenvalue weighted by Gasteiger charge is -2.26. The van der Waals surface area contributed by atoms with Crippen LogP contribution in [0, 0.1) is 0 Å². The van der Waals surface area contributed by atoms with Crippen molar-refractivity contribution < 1.29 is 4.42 Å². The van der Waals surface area contributed by atoms with Gasteiger partial charge < -0.3 is 14.6 Å². The van der Waals surface area contributed by atoms with Crippen molar-refractivity contribution in [3.05, 3.63) is 106 Å². The molecule has 4 aromatic rings. The summed E-state index contributed by atoms with van der Waals surface area (Å²) in [6.45, 7) is 0.616. The number of nitrogens with one attached hydrogen (secondary N) is 1. The number of pyridine rings is 2. The van der Waals surface area contributed by atoms with E-state index in [0.717, 1.165) is 22.6 Å². The van der Waals surface area contributed by atoms with Gasteiger partial charge >= 0.3 is 0 Å².